The summed E-state index contributed by atoms with van der Waals surface area (Å²) < 4.78 is 0. The molecular formula is C22H23N3O. The molecule has 0 saturated heterocycles. The molecule has 0 aliphatic heterocycles. The highest BCUT2D eigenvalue weighted by Gasteiger charge is 2.30. The largest absolute Gasteiger partial charge is 0.293 e. The van der Waals surface area contributed by atoms with Gasteiger partial charge in [-0.25, -0.2) is 9.97 Å². The molecule has 0 radical (unpaired) electrons. The van der Waals surface area contributed by atoms with Gasteiger partial charge < -0.3 is 0 Å². The van der Waals surface area contributed by atoms with E-state index in [0.29, 0.717) is 12.0 Å². The number of allylic oxidation sites excluding steroid dienone is 2. The highest BCUT2D eigenvalue weighted by atomic mass is 16.1. The van der Waals surface area contributed by atoms with Crippen LogP contribution >= 0.6 is 0 Å². The van der Waals surface area contributed by atoms with E-state index in [4.69, 9.17) is 4.98 Å². The number of aromatic nitrogens is 2. The Morgan fingerprint density at radius 1 is 1.38 bits per heavy atom. The average Bonchev–Trinajstić information content (AvgIpc) is 2.70. The van der Waals surface area contributed by atoms with E-state index in [1.807, 2.05) is 50.4 Å². The Kier molecular flexibility index (Phi) is 5.58. The molecule has 2 aromatic rings. The third-order valence-corrected chi connectivity index (χ3v) is 5.14. The zero-order chi connectivity index (χ0) is 18.5. The Labute approximate surface area is 154 Å². The van der Waals surface area contributed by atoms with Crippen LogP contribution in [0, 0.1) is 23.2 Å². The van der Waals surface area contributed by atoms with Crippen LogP contribution in [-0.4, -0.2) is 15.8 Å². The molecule has 1 heterocycles. The molecule has 1 aliphatic rings. The molecule has 1 aromatic carbocycles. The summed E-state index contributed by atoms with van der Waals surface area (Å²) in [5, 5.41) is 9.24. The number of hydrogen-bond donors (Lipinski definition) is 0. The second-order valence-electron chi connectivity index (χ2n) is 6.83. The van der Waals surface area contributed by atoms with Gasteiger partial charge in [0.15, 0.2) is 11.6 Å². The number of benzene rings is 1. The van der Waals surface area contributed by atoms with E-state index in [9.17, 15) is 10.1 Å². The van der Waals surface area contributed by atoms with Crippen molar-refractivity contribution >= 4 is 5.78 Å². The van der Waals surface area contributed by atoms with Crippen molar-refractivity contribution < 1.29 is 4.79 Å². The standard InChI is InChI=1S/C22H23N3O/c1-3-7-18(13-23)21(26)15(2)17-10-11-19-14-24-22(25-20(19)12-17)16-8-5-4-6-9-16/h4-9,14-15,17H,3,10-12H2,1-2H3/b18-7-/t15-,17+/m0/s1. The Morgan fingerprint density at radius 3 is 2.85 bits per heavy atom. The van der Waals surface area contributed by atoms with Gasteiger partial charge in [-0.2, -0.15) is 5.26 Å². The molecule has 2 atom stereocenters. The van der Waals surface area contributed by atoms with E-state index < -0.39 is 0 Å². The maximum atomic E-state index is 12.6. The SMILES string of the molecule is CC/C=C(/C#N)C(=O)[C@@H](C)[C@@H]1CCc2cnc(-c3ccccc3)nc2C1. The Morgan fingerprint density at radius 2 is 2.15 bits per heavy atom. The second-order valence-corrected chi connectivity index (χ2v) is 6.83. The summed E-state index contributed by atoms with van der Waals surface area (Å²) in [7, 11) is 0. The molecule has 0 saturated carbocycles. The van der Waals surface area contributed by atoms with Crippen molar-refractivity contribution in [3.05, 3.63) is 59.4 Å². The molecule has 1 aromatic heterocycles. The number of ketones is 1. The van der Waals surface area contributed by atoms with Crippen molar-refractivity contribution in [1.29, 1.82) is 5.26 Å². The quantitative estimate of drug-likeness (QED) is 0.598. The van der Waals surface area contributed by atoms with Gasteiger partial charge in [0.2, 0.25) is 0 Å². The highest BCUT2D eigenvalue weighted by molar-refractivity contribution is 6.00. The van der Waals surface area contributed by atoms with Crippen LogP contribution in [0.25, 0.3) is 11.4 Å². The van der Waals surface area contributed by atoms with E-state index in [-0.39, 0.29) is 17.6 Å². The summed E-state index contributed by atoms with van der Waals surface area (Å²) >= 11 is 0. The molecule has 0 spiro atoms. The molecule has 0 unspecified atom stereocenters. The van der Waals surface area contributed by atoms with Gasteiger partial charge in [-0.15, -0.1) is 0 Å². The summed E-state index contributed by atoms with van der Waals surface area (Å²) in [5.41, 5.74) is 3.50. The van der Waals surface area contributed by atoms with Crippen molar-refractivity contribution in [1.82, 2.24) is 9.97 Å². The molecule has 4 heteroatoms. The monoisotopic (exact) mass is 345 g/mol. The van der Waals surface area contributed by atoms with Gasteiger partial charge in [-0.05, 0) is 37.2 Å². The van der Waals surface area contributed by atoms with Crippen molar-refractivity contribution in [3.63, 3.8) is 0 Å². The number of rotatable bonds is 5. The normalized spacial score (nSPS) is 17.9. The third kappa shape index (κ3) is 3.72. The van der Waals surface area contributed by atoms with Gasteiger partial charge in [-0.1, -0.05) is 50.3 Å². The molecular weight excluding hydrogens is 322 g/mol. The van der Waals surface area contributed by atoms with Crippen LogP contribution in [0.4, 0.5) is 0 Å². The Balaban J connectivity index is 1.81. The smallest absolute Gasteiger partial charge is 0.176 e. The summed E-state index contributed by atoms with van der Waals surface area (Å²) in [6, 6.07) is 12.0. The highest BCUT2D eigenvalue weighted by Crippen LogP contribution is 2.31. The van der Waals surface area contributed by atoms with Crippen LogP contribution in [0.3, 0.4) is 0 Å². The molecule has 0 fully saturated rings. The van der Waals surface area contributed by atoms with Crippen LogP contribution in [-0.2, 0) is 17.6 Å². The number of aryl methyl sites for hydroxylation is 1. The van der Waals surface area contributed by atoms with Crippen LogP contribution < -0.4 is 0 Å². The van der Waals surface area contributed by atoms with E-state index in [1.165, 1.54) is 5.56 Å². The Bertz CT molecular complexity index is 865. The average molecular weight is 345 g/mol. The minimum absolute atomic E-state index is 0.0415. The molecule has 3 rings (SSSR count). The first kappa shape index (κ1) is 18.0. The zero-order valence-electron chi connectivity index (χ0n) is 15.3. The van der Waals surface area contributed by atoms with Crippen molar-refractivity contribution in [3.8, 4) is 17.5 Å². The Hall–Kier alpha value is -2.80. The number of Topliss-reactive ketones (excluding diaryl/α,β-unsaturated/α-hetero) is 1. The second kappa shape index (κ2) is 8.05. The number of fused-ring (bicyclic) bond motifs is 1. The first-order valence-corrected chi connectivity index (χ1v) is 9.18. The van der Waals surface area contributed by atoms with E-state index >= 15 is 0 Å². The summed E-state index contributed by atoms with van der Waals surface area (Å²) in [6.45, 7) is 3.88. The fourth-order valence-electron chi connectivity index (χ4n) is 3.54. The predicted molar refractivity (Wildman–Crippen MR) is 101 cm³/mol. The number of hydrogen-bond acceptors (Lipinski definition) is 4. The summed E-state index contributed by atoms with van der Waals surface area (Å²) in [4.78, 5) is 21.9. The summed E-state index contributed by atoms with van der Waals surface area (Å²) in [6.07, 6.45) is 6.92. The fraction of sp³-hybridized carbons (Fsp3) is 0.364. The van der Waals surface area contributed by atoms with Crippen LogP contribution in [0.15, 0.2) is 48.2 Å². The lowest BCUT2D eigenvalue weighted by molar-refractivity contribution is -0.120. The van der Waals surface area contributed by atoms with Crippen LogP contribution in [0.2, 0.25) is 0 Å². The first-order valence-electron chi connectivity index (χ1n) is 9.18. The van der Waals surface area contributed by atoms with Gasteiger partial charge in [0.25, 0.3) is 0 Å². The minimum atomic E-state index is -0.171. The maximum Gasteiger partial charge on any atom is 0.176 e. The van der Waals surface area contributed by atoms with Crippen molar-refractivity contribution in [2.45, 2.75) is 39.5 Å². The maximum absolute atomic E-state index is 12.6. The van der Waals surface area contributed by atoms with Gasteiger partial charge in [0.05, 0.1) is 5.57 Å². The molecule has 26 heavy (non-hydrogen) atoms. The molecule has 4 nitrogen and oxygen atoms in total. The predicted octanol–water partition coefficient (Wildman–Crippen LogP) is 4.31. The van der Waals surface area contributed by atoms with Gasteiger partial charge in [-0.3, -0.25) is 4.79 Å². The van der Waals surface area contributed by atoms with E-state index in [1.54, 1.807) is 6.08 Å². The number of carbonyl (C=O) groups is 1. The van der Waals surface area contributed by atoms with Gasteiger partial charge >= 0.3 is 0 Å². The lowest BCUT2D eigenvalue weighted by Crippen LogP contribution is -2.28. The van der Waals surface area contributed by atoms with E-state index in [2.05, 4.69) is 11.1 Å². The third-order valence-electron chi connectivity index (χ3n) is 5.14. The molecule has 1 aliphatic carbocycles. The van der Waals surface area contributed by atoms with Crippen molar-refractivity contribution in [2.75, 3.05) is 0 Å². The number of nitrogens with zero attached hydrogens (tertiary/aromatic N) is 3. The molecule has 0 bridgehead atoms. The van der Waals surface area contributed by atoms with E-state index in [0.717, 1.165) is 36.3 Å². The van der Waals surface area contributed by atoms with Crippen LogP contribution in [0.5, 0.6) is 0 Å². The molecule has 0 amide bonds. The summed E-state index contributed by atoms with van der Waals surface area (Å²) in [5.74, 6) is 0.727. The van der Waals surface area contributed by atoms with Gasteiger partial charge in [0, 0.05) is 23.4 Å². The lowest BCUT2D eigenvalue weighted by Gasteiger charge is -2.28. The lowest BCUT2D eigenvalue weighted by atomic mass is 9.77. The van der Waals surface area contributed by atoms with Crippen molar-refractivity contribution in [2.24, 2.45) is 11.8 Å². The molecule has 0 N–H and O–H groups in total. The first-order chi connectivity index (χ1) is 12.6. The zero-order valence-corrected chi connectivity index (χ0v) is 15.3. The fourth-order valence-corrected chi connectivity index (χ4v) is 3.54. The minimum Gasteiger partial charge on any atom is -0.293 e. The number of carbonyl (C=O) groups excluding carboxylic acids is 1. The van der Waals surface area contributed by atoms with Crippen LogP contribution in [0.1, 0.15) is 37.9 Å². The topological polar surface area (TPSA) is 66.6 Å². The van der Waals surface area contributed by atoms with Gasteiger partial charge in [0.1, 0.15) is 6.07 Å². The molecule has 132 valence electrons. The number of nitriles is 1.